The van der Waals surface area contributed by atoms with Crippen LogP contribution >= 0.6 is 0 Å². The maximum atomic E-state index is 11.3. The quantitative estimate of drug-likeness (QED) is 0.605. The number of hydrogen-bond donors (Lipinski definition) is 0. The van der Waals surface area contributed by atoms with Crippen LogP contribution in [0.5, 0.6) is 0 Å². The van der Waals surface area contributed by atoms with Gasteiger partial charge in [-0.2, -0.15) is 0 Å². The maximum Gasteiger partial charge on any atom is 0.281 e. The lowest BCUT2D eigenvalue weighted by Crippen LogP contribution is -2.59. The molecule has 7 heteroatoms. The smallest absolute Gasteiger partial charge is 0.281 e. The molecule has 5 aliphatic carbocycles. The van der Waals surface area contributed by atoms with Crippen LogP contribution in [-0.4, -0.2) is 16.0 Å². The van der Waals surface area contributed by atoms with Crippen molar-refractivity contribution in [1.82, 2.24) is 0 Å². The van der Waals surface area contributed by atoms with Crippen molar-refractivity contribution in [3.63, 3.8) is 0 Å². The van der Waals surface area contributed by atoms with Gasteiger partial charge >= 0.3 is 0 Å². The lowest BCUT2D eigenvalue weighted by Gasteiger charge is -2.61. The van der Waals surface area contributed by atoms with E-state index in [-0.39, 0.29) is 24.1 Å². The monoisotopic (exact) mass is 342 g/mol. The molecule has 9 atom stereocenters. The van der Waals surface area contributed by atoms with Crippen LogP contribution in [0.4, 0.5) is 11.4 Å². The Balaban J connectivity index is 1.21. The zero-order valence-electron chi connectivity index (χ0n) is 13.5. The van der Waals surface area contributed by atoms with Crippen LogP contribution in [0.2, 0.25) is 0 Å². The highest BCUT2D eigenvalue weighted by Gasteiger charge is 2.82. The van der Waals surface area contributed by atoms with E-state index in [1.54, 1.807) is 0 Å². The molecule has 0 aromatic heterocycles. The van der Waals surface area contributed by atoms with Crippen LogP contribution in [0.15, 0.2) is 18.2 Å². The van der Waals surface area contributed by atoms with Crippen LogP contribution < -0.4 is 0 Å². The minimum atomic E-state index is -0.608. The molecule has 5 aliphatic rings. The van der Waals surface area contributed by atoms with Crippen molar-refractivity contribution in [2.45, 2.75) is 25.6 Å². The van der Waals surface area contributed by atoms with Crippen molar-refractivity contribution in [1.29, 1.82) is 0 Å². The summed E-state index contributed by atoms with van der Waals surface area (Å²) in [6.07, 6.45) is 2.75. The van der Waals surface area contributed by atoms with Crippen LogP contribution in [0.25, 0.3) is 0 Å². The molecule has 6 rings (SSSR count). The van der Waals surface area contributed by atoms with Gasteiger partial charge in [0.2, 0.25) is 0 Å². The van der Waals surface area contributed by atoms with Crippen molar-refractivity contribution in [2.75, 3.05) is 0 Å². The predicted molar refractivity (Wildman–Crippen MR) is 85.5 cm³/mol. The van der Waals surface area contributed by atoms with E-state index in [1.165, 1.54) is 18.6 Å². The summed E-state index contributed by atoms with van der Waals surface area (Å²) in [5, 5.41) is 22.1. The summed E-state index contributed by atoms with van der Waals surface area (Å²) in [4.78, 5) is 20.9. The van der Waals surface area contributed by atoms with Gasteiger partial charge in [-0.05, 0) is 66.3 Å². The first kappa shape index (κ1) is 14.2. The van der Waals surface area contributed by atoms with Crippen molar-refractivity contribution >= 4 is 11.4 Å². The molecule has 7 nitrogen and oxygen atoms in total. The molecular formula is C18H18N2O5. The van der Waals surface area contributed by atoms with Crippen LogP contribution in [0.3, 0.4) is 0 Å². The molecule has 1 aromatic rings. The van der Waals surface area contributed by atoms with E-state index in [9.17, 15) is 20.2 Å². The number of rotatable bonds is 5. The fourth-order valence-corrected chi connectivity index (χ4v) is 7.23. The van der Waals surface area contributed by atoms with E-state index in [0.717, 1.165) is 53.9 Å². The van der Waals surface area contributed by atoms with E-state index in [1.807, 2.05) is 0 Å². The highest BCUT2D eigenvalue weighted by Crippen LogP contribution is 2.85. The van der Waals surface area contributed by atoms with Gasteiger partial charge in [0.15, 0.2) is 0 Å². The van der Waals surface area contributed by atoms with Gasteiger partial charge in [0.05, 0.1) is 34.2 Å². The summed E-state index contributed by atoms with van der Waals surface area (Å²) < 4.78 is 6.16. The van der Waals surface area contributed by atoms with Crippen molar-refractivity contribution in [3.8, 4) is 0 Å². The molecule has 0 radical (unpaired) electrons. The summed E-state index contributed by atoms with van der Waals surface area (Å²) in [6.45, 7) is 0.172. The van der Waals surface area contributed by atoms with Gasteiger partial charge in [-0.25, -0.2) is 0 Å². The number of hydrogen-bond acceptors (Lipinski definition) is 5. The molecule has 0 saturated heterocycles. The summed E-state index contributed by atoms with van der Waals surface area (Å²) in [7, 11) is 0. The molecule has 5 fully saturated rings. The second-order valence-electron chi connectivity index (χ2n) is 8.53. The van der Waals surface area contributed by atoms with E-state index in [2.05, 4.69) is 0 Å². The lowest BCUT2D eigenvalue weighted by molar-refractivity contribution is -0.394. The molecule has 0 heterocycles. The summed E-state index contributed by atoms with van der Waals surface area (Å²) >= 11 is 0. The Kier molecular flexibility index (Phi) is 2.49. The number of fused-ring (bicyclic) bond motifs is 5. The second-order valence-corrected chi connectivity index (χ2v) is 8.53. The fraction of sp³-hybridized carbons (Fsp3) is 0.667. The number of non-ortho nitro benzene ring substituents is 1. The first-order valence-corrected chi connectivity index (χ1v) is 9.09. The molecule has 0 bridgehead atoms. The topological polar surface area (TPSA) is 95.5 Å². The average molecular weight is 342 g/mol. The van der Waals surface area contributed by atoms with Crippen molar-refractivity contribution in [2.24, 2.45) is 47.3 Å². The Hall–Kier alpha value is -2.02. The number of nitro groups is 2. The van der Waals surface area contributed by atoms with Crippen molar-refractivity contribution < 1.29 is 14.6 Å². The second kappa shape index (κ2) is 4.38. The zero-order valence-corrected chi connectivity index (χ0v) is 13.5. The lowest BCUT2D eigenvalue weighted by atomic mass is 9.43. The van der Waals surface area contributed by atoms with Crippen LogP contribution in [0, 0.1) is 67.6 Å². The summed E-state index contributed by atoms with van der Waals surface area (Å²) in [5.41, 5.74) is -0.0427. The van der Waals surface area contributed by atoms with E-state index < -0.39 is 9.85 Å². The largest absolute Gasteiger partial charge is 0.373 e. The Labute approximate surface area is 143 Å². The molecule has 0 spiro atoms. The van der Waals surface area contributed by atoms with E-state index >= 15 is 0 Å². The summed E-state index contributed by atoms with van der Waals surface area (Å²) in [5.74, 6) is 7.11. The molecular weight excluding hydrogens is 324 g/mol. The molecule has 0 amide bonds. The minimum Gasteiger partial charge on any atom is -0.373 e. The van der Waals surface area contributed by atoms with E-state index in [0.29, 0.717) is 11.5 Å². The average Bonchev–Trinajstić information content (AvgIpc) is 3.24. The third-order valence-corrected chi connectivity index (χ3v) is 7.95. The fourth-order valence-electron chi connectivity index (χ4n) is 7.23. The van der Waals surface area contributed by atoms with Gasteiger partial charge in [-0.15, -0.1) is 0 Å². The van der Waals surface area contributed by atoms with Crippen LogP contribution in [0.1, 0.15) is 18.4 Å². The van der Waals surface area contributed by atoms with E-state index in [4.69, 9.17) is 4.74 Å². The minimum absolute atomic E-state index is 0.172. The van der Waals surface area contributed by atoms with Crippen molar-refractivity contribution in [3.05, 3.63) is 44.0 Å². The van der Waals surface area contributed by atoms with Gasteiger partial charge in [0.1, 0.15) is 0 Å². The Morgan fingerprint density at radius 1 is 0.920 bits per heavy atom. The molecule has 25 heavy (non-hydrogen) atoms. The molecule has 0 N–H and O–H groups in total. The molecule has 130 valence electrons. The van der Waals surface area contributed by atoms with Gasteiger partial charge in [-0.1, -0.05) is 0 Å². The number of ether oxygens (including phenoxy) is 1. The van der Waals surface area contributed by atoms with Gasteiger partial charge in [0.25, 0.3) is 11.4 Å². The highest BCUT2D eigenvalue weighted by molar-refractivity contribution is 5.48. The molecule has 0 aliphatic heterocycles. The Bertz CT molecular complexity index is 826. The first-order chi connectivity index (χ1) is 12.1. The Morgan fingerprint density at radius 3 is 2.44 bits per heavy atom. The first-order valence-electron chi connectivity index (χ1n) is 9.09. The number of benzene rings is 1. The third kappa shape index (κ3) is 1.60. The van der Waals surface area contributed by atoms with Gasteiger partial charge in [-0.3, -0.25) is 20.2 Å². The third-order valence-electron chi connectivity index (χ3n) is 7.95. The van der Waals surface area contributed by atoms with Gasteiger partial charge < -0.3 is 4.74 Å². The molecule has 0 unspecified atom stereocenters. The maximum absolute atomic E-state index is 11.3. The highest BCUT2D eigenvalue weighted by atomic mass is 16.6. The number of nitro benzene ring substituents is 2. The van der Waals surface area contributed by atoms with Crippen LogP contribution in [-0.2, 0) is 11.3 Å². The molecule has 1 aromatic carbocycles. The zero-order chi connectivity index (χ0) is 17.0. The Morgan fingerprint density at radius 2 is 1.68 bits per heavy atom. The number of nitrogens with zero attached hydrogens (tertiary/aromatic N) is 2. The standard InChI is InChI=1S/C18H18N2O5/c21-19(22)8-2-1-7(12(3-8)20(23)24)6-25-13-5-11-14-9-4-10(9)15-17(13)16(11)18(14)15/h1-3,9-11,13-18H,4-6H2/t9-,10+,11-,13+,14+,15+,16-,17+,18-/m1/s1. The SMILES string of the molecule is O=[N+]([O-])c1ccc(CO[C@H]2C[C@@H]3[C@@H]4[C@@H]5C[C@@H]5[C@@H]5[C@@H]4[C@H]3[C@H]52)c([N+](=O)[O-])c1. The predicted octanol–water partition coefficient (Wildman–Crippen LogP) is 3.17. The van der Waals surface area contributed by atoms with Gasteiger partial charge in [0, 0.05) is 6.07 Å². The summed E-state index contributed by atoms with van der Waals surface area (Å²) in [6, 6.07) is 3.82. The molecule has 5 saturated carbocycles. The normalized spacial score (nSPS) is 46.6.